The molecule has 0 aliphatic heterocycles. The van der Waals surface area contributed by atoms with Crippen LogP contribution in [0.25, 0.3) is 0 Å². The van der Waals surface area contributed by atoms with Crippen molar-refractivity contribution in [3.05, 3.63) is 29.3 Å². The van der Waals surface area contributed by atoms with Crippen LogP contribution in [0.15, 0.2) is 18.2 Å². The van der Waals surface area contributed by atoms with Crippen LogP contribution in [-0.4, -0.2) is 22.9 Å². The molecule has 0 saturated heterocycles. The van der Waals surface area contributed by atoms with Crippen LogP contribution in [0.3, 0.4) is 0 Å². The van der Waals surface area contributed by atoms with Gasteiger partial charge in [0.1, 0.15) is 0 Å². The summed E-state index contributed by atoms with van der Waals surface area (Å²) in [5.74, 6) is 0.963. The van der Waals surface area contributed by atoms with Crippen molar-refractivity contribution in [2.75, 3.05) is 0 Å². The van der Waals surface area contributed by atoms with Gasteiger partial charge in [-0.05, 0) is 0 Å². The fourth-order valence-corrected chi connectivity index (χ4v) is 2.82. The minimum atomic E-state index is -0.318. The molecule has 22 heavy (non-hydrogen) atoms. The summed E-state index contributed by atoms with van der Waals surface area (Å²) in [5.41, 5.74) is 2.36. The van der Waals surface area contributed by atoms with Crippen molar-refractivity contribution in [2.24, 2.45) is 5.41 Å². The van der Waals surface area contributed by atoms with E-state index in [1.165, 1.54) is 11.1 Å². The van der Waals surface area contributed by atoms with Crippen molar-refractivity contribution < 1.29 is 8.53 Å². The van der Waals surface area contributed by atoms with Crippen molar-refractivity contribution >= 4 is 16.6 Å². The predicted octanol–water partition coefficient (Wildman–Crippen LogP) is 5.13. The van der Waals surface area contributed by atoms with E-state index in [1.54, 1.807) is 0 Å². The summed E-state index contributed by atoms with van der Waals surface area (Å²) >= 11 is 2.35. The molecule has 1 aromatic carbocycles. The van der Waals surface area contributed by atoms with E-state index >= 15 is 0 Å². The number of hydrogen-bond acceptors (Lipinski definition) is 2. The van der Waals surface area contributed by atoms with Crippen LogP contribution in [-0.2, 0) is 14.6 Å². The molecular weight excluding hydrogens is 287 g/mol. The molecule has 0 aliphatic carbocycles. The van der Waals surface area contributed by atoms with Crippen LogP contribution in [0.5, 0.6) is 5.75 Å². The number of para-hydroxylation sites is 1. The van der Waals surface area contributed by atoms with E-state index in [0.29, 0.717) is 0 Å². The summed E-state index contributed by atoms with van der Waals surface area (Å²) in [6.45, 7) is 19.7. The third-order valence-electron chi connectivity index (χ3n) is 3.69. The zero-order valence-electron chi connectivity index (χ0n) is 15.7. The molecule has 0 aliphatic rings. The van der Waals surface area contributed by atoms with Gasteiger partial charge >= 0.3 is 145 Å². The van der Waals surface area contributed by atoms with Crippen LogP contribution in [0.4, 0.5) is 0 Å². The number of rotatable bonds is 3. The van der Waals surface area contributed by atoms with Crippen LogP contribution < -0.4 is 4.74 Å². The molecule has 120 valence electrons. The fraction of sp³-hybridized carbons (Fsp3) is 0.684. The minimum absolute atomic E-state index is 0.0138. The molecular formula is C19H31AlO2+2. The SMILES string of the molecule is CC(C)(C)c1cccc(C(C)(C)C)c1OC([O][Al+2])C(C)(C)C. The van der Waals surface area contributed by atoms with Gasteiger partial charge in [0.2, 0.25) is 0 Å². The summed E-state index contributed by atoms with van der Waals surface area (Å²) in [5, 5.41) is 0. The maximum atomic E-state index is 6.40. The first kappa shape index (κ1) is 19.6. The van der Waals surface area contributed by atoms with Crippen LogP contribution in [0.1, 0.15) is 73.4 Å². The van der Waals surface area contributed by atoms with Crippen molar-refractivity contribution in [1.29, 1.82) is 0 Å². The first-order chi connectivity index (χ1) is 9.78. The van der Waals surface area contributed by atoms with Crippen LogP contribution in [0.2, 0.25) is 0 Å². The second kappa shape index (κ2) is 6.56. The van der Waals surface area contributed by atoms with Crippen molar-refractivity contribution in [1.82, 2.24) is 0 Å². The van der Waals surface area contributed by atoms with E-state index in [9.17, 15) is 0 Å². The Morgan fingerprint density at radius 1 is 0.818 bits per heavy atom. The monoisotopic (exact) mass is 318 g/mol. The van der Waals surface area contributed by atoms with Gasteiger partial charge in [-0.3, -0.25) is 0 Å². The Morgan fingerprint density at radius 3 is 1.50 bits per heavy atom. The molecule has 0 fully saturated rings. The molecule has 0 amide bonds. The molecule has 0 spiro atoms. The van der Waals surface area contributed by atoms with Crippen molar-refractivity contribution in [3.8, 4) is 5.75 Å². The number of hydrogen-bond donors (Lipinski definition) is 0. The fourth-order valence-electron chi connectivity index (χ4n) is 2.36. The van der Waals surface area contributed by atoms with E-state index in [0.717, 1.165) is 5.75 Å². The first-order valence-electron chi connectivity index (χ1n) is 7.94. The van der Waals surface area contributed by atoms with Gasteiger partial charge < -0.3 is 0 Å². The van der Waals surface area contributed by atoms with Gasteiger partial charge in [0.05, 0.1) is 0 Å². The Balaban J connectivity index is 3.48. The molecule has 1 aromatic rings. The zero-order valence-corrected chi connectivity index (χ0v) is 16.9. The molecule has 0 aromatic heterocycles. The molecule has 0 heterocycles. The summed E-state index contributed by atoms with van der Waals surface area (Å²) in [6, 6.07) is 6.45. The Hall–Kier alpha value is -0.488. The van der Waals surface area contributed by atoms with Crippen LogP contribution in [0, 0.1) is 5.41 Å². The van der Waals surface area contributed by atoms with Crippen molar-refractivity contribution in [2.45, 2.75) is 79.4 Å². The van der Waals surface area contributed by atoms with Gasteiger partial charge in [0, 0.05) is 0 Å². The molecule has 1 atom stereocenters. The molecule has 0 saturated carbocycles. The molecule has 2 nitrogen and oxygen atoms in total. The topological polar surface area (TPSA) is 18.5 Å². The van der Waals surface area contributed by atoms with Gasteiger partial charge in [-0.1, -0.05) is 0 Å². The second-order valence-corrected chi connectivity index (χ2v) is 9.41. The standard InChI is InChI=1S/C19H31O2.Al/c1-17(2,3)13-11-10-12-14(18(4,5)6)15(13)21-16(20)19(7,8)9;/h10-12,16H,1-9H3;/q-1;+3. The van der Waals surface area contributed by atoms with Crippen LogP contribution >= 0.6 is 0 Å². The van der Waals surface area contributed by atoms with Gasteiger partial charge in [-0.15, -0.1) is 0 Å². The van der Waals surface area contributed by atoms with Gasteiger partial charge in [-0.25, -0.2) is 0 Å². The van der Waals surface area contributed by atoms with E-state index in [1.807, 2.05) is 0 Å². The zero-order chi connectivity index (χ0) is 17.3. The van der Waals surface area contributed by atoms with E-state index in [2.05, 4.69) is 97.1 Å². The third-order valence-corrected chi connectivity index (χ3v) is 3.93. The Morgan fingerprint density at radius 2 is 1.23 bits per heavy atom. The summed E-state index contributed by atoms with van der Waals surface area (Å²) in [7, 11) is 0. The second-order valence-electron chi connectivity index (χ2n) is 9.13. The average molecular weight is 318 g/mol. The van der Waals surface area contributed by atoms with E-state index in [4.69, 9.17) is 8.53 Å². The van der Waals surface area contributed by atoms with Gasteiger partial charge in [-0.2, -0.15) is 0 Å². The molecule has 0 bridgehead atoms. The third kappa shape index (κ3) is 4.75. The molecule has 0 N–H and O–H groups in total. The molecule has 0 radical (unpaired) electrons. The Labute approximate surface area is 145 Å². The van der Waals surface area contributed by atoms with E-state index in [-0.39, 0.29) is 22.5 Å². The summed E-state index contributed by atoms with van der Waals surface area (Å²) in [6.07, 6.45) is -0.318. The number of benzene rings is 1. The predicted molar refractivity (Wildman–Crippen MR) is 94.6 cm³/mol. The maximum absolute atomic E-state index is 6.40. The Bertz CT molecular complexity index is 469. The van der Waals surface area contributed by atoms with Crippen molar-refractivity contribution in [3.63, 3.8) is 0 Å². The van der Waals surface area contributed by atoms with E-state index < -0.39 is 0 Å². The average Bonchev–Trinajstić information content (AvgIpc) is 2.31. The Kier molecular flexibility index (Phi) is 5.83. The molecule has 3 heteroatoms. The normalized spacial score (nSPS) is 14.9. The molecule has 1 rings (SSSR count). The van der Waals surface area contributed by atoms with Gasteiger partial charge in [0.25, 0.3) is 0 Å². The number of ether oxygens (including phenoxy) is 1. The summed E-state index contributed by atoms with van der Waals surface area (Å²) < 4.78 is 11.9. The quantitative estimate of drug-likeness (QED) is 0.568. The van der Waals surface area contributed by atoms with Gasteiger partial charge in [0.15, 0.2) is 0 Å². The molecule has 1 unspecified atom stereocenters. The summed E-state index contributed by atoms with van der Waals surface area (Å²) in [4.78, 5) is 0. The first-order valence-corrected chi connectivity index (χ1v) is 8.42.